The number of hydrogen-bond acceptors (Lipinski definition) is 4. The van der Waals surface area contributed by atoms with Crippen molar-refractivity contribution in [2.75, 3.05) is 45.9 Å². The summed E-state index contributed by atoms with van der Waals surface area (Å²) in [6, 6.07) is -0.573. The summed E-state index contributed by atoms with van der Waals surface area (Å²) in [5.74, 6) is -0.834. The number of amides is 2. The monoisotopic (exact) mass is 301 g/mol. The maximum atomic E-state index is 12.4. The summed E-state index contributed by atoms with van der Waals surface area (Å²) in [4.78, 5) is 28.7. The van der Waals surface area contributed by atoms with Gasteiger partial charge in [-0.05, 0) is 13.3 Å². The van der Waals surface area contributed by atoms with Crippen LogP contribution in [-0.4, -0.2) is 88.8 Å². The fraction of sp³-hybridized carbons (Fsp3) is 0.857. The molecule has 0 aliphatic carbocycles. The number of aliphatic hydroxyl groups is 1. The molecule has 1 unspecified atom stereocenters. The van der Waals surface area contributed by atoms with E-state index in [0.29, 0.717) is 39.3 Å². The first-order chi connectivity index (χ1) is 10.0. The Hall–Kier alpha value is -1.34. The van der Waals surface area contributed by atoms with Crippen molar-refractivity contribution >= 4 is 12.0 Å². The smallest absolute Gasteiger partial charge is 0.320 e. The van der Waals surface area contributed by atoms with E-state index in [4.69, 9.17) is 10.2 Å². The number of aliphatic hydroxyl groups excluding tert-OH is 1. The number of nitrogens with zero attached hydrogens (tertiary/aromatic N) is 3. The van der Waals surface area contributed by atoms with Crippen LogP contribution < -0.4 is 0 Å². The Kier molecular flexibility index (Phi) is 7.45. The molecule has 1 saturated heterocycles. The molecule has 1 rings (SSSR count). The van der Waals surface area contributed by atoms with E-state index in [1.807, 2.05) is 4.90 Å². The molecule has 1 heterocycles. The van der Waals surface area contributed by atoms with Crippen molar-refractivity contribution in [1.29, 1.82) is 0 Å². The number of carbonyl (C=O) groups is 2. The van der Waals surface area contributed by atoms with Gasteiger partial charge >= 0.3 is 12.0 Å². The zero-order chi connectivity index (χ0) is 15.8. The summed E-state index contributed by atoms with van der Waals surface area (Å²) in [5.41, 5.74) is 0. The predicted molar refractivity (Wildman–Crippen MR) is 79.2 cm³/mol. The van der Waals surface area contributed by atoms with E-state index in [9.17, 15) is 9.59 Å². The van der Waals surface area contributed by atoms with Gasteiger partial charge in [-0.15, -0.1) is 0 Å². The Morgan fingerprint density at radius 3 is 2.29 bits per heavy atom. The number of rotatable bonds is 7. The fourth-order valence-electron chi connectivity index (χ4n) is 2.43. The molecule has 21 heavy (non-hydrogen) atoms. The Labute approximate surface area is 126 Å². The lowest BCUT2D eigenvalue weighted by Gasteiger charge is -2.38. The summed E-state index contributed by atoms with van der Waals surface area (Å²) in [6.45, 7) is 6.90. The van der Waals surface area contributed by atoms with Crippen LogP contribution in [0.15, 0.2) is 0 Å². The molecule has 0 aromatic rings. The third-order valence-corrected chi connectivity index (χ3v) is 3.91. The maximum Gasteiger partial charge on any atom is 0.320 e. The van der Waals surface area contributed by atoms with Crippen LogP contribution in [0.2, 0.25) is 0 Å². The van der Waals surface area contributed by atoms with Crippen LogP contribution in [0.4, 0.5) is 4.79 Å². The summed E-state index contributed by atoms with van der Waals surface area (Å²) in [6.07, 6.45) is 1.92. The highest BCUT2D eigenvalue weighted by Crippen LogP contribution is 2.10. The van der Waals surface area contributed by atoms with Gasteiger partial charge in [0.05, 0.1) is 6.61 Å². The van der Waals surface area contributed by atoms with E-state index in [2.05, 4.69) is 6.92 Å². The lowest BCUT2D eigenvalue weighted by molar-refractivity contribution is -0.143. The number of urea groups is 1. The van der Waals surface area contributed by atoms with Crippen molar-refractivity contribution < 1.29 is 19.8 Å². The number of unbranched alkanes of at least 4 members (excludes halogenated alkanes) is 1. The molecule has 0 spiro atoms. The second kappa shape index (κ2) is 8.84. The van der Waals surface area contributed by atoms with E-state index < -0.39 is 12.0 Å². The van der Waals surface area contributed by atoms with Crippen LogP contribution in [0.5, 0.6) is 0 Å². The Morgan fingerprint density at radius 2 is 1.81 bits per heavy atom. The predicted octanol–water partition coefficient (Wildman–Crippen LogP) is 0.292. The molecule has 2 amide bonds. The molecular weight excluding hydrogens is 274 g/mol. The van der Waals surface area contributed by atoms with Crippen molar-refractivity contribution in [3.8, 4) is 0 Å². The van der Waals surface area contributed by atoms with Gasteiger partial charge in [-0.1, -0.05) is 13.3 Å². The molecule has 122 valence electrons. The van der Waals surface area contributed by atoms with Gasteiger partial charge in [0.25, 0.3) is 0 Å². The van der Waals surface area contributed by atoms with Gasteiger partial charge in [0.2, 0.25) is 0 Å². The van der Waals surface area contributed by atoms with Crippen LogP contribution in [0.3, 0.4) is 0 Å². The lowest BCUT2D eigenvalue weighted by atomic mass is 10.2. The highest BCUT2D eigenvalue weighted by atomic mass is 16.4. The molecule has 0 aromatic heterocycles. The van der Waals surface area contributed by atoms with Crippen LogP contribution in [-0.2, 0) is 4.79 Å². The number of piperazine rings is 1. The Morgan fingerprint density at radius 1 is 1.19 bits per heavy atom. The number of carboxylic acid groups (broad SMARTS) is 1. The Balaban J connectivity index is 2.50. The molecule has 1 aliphatic rings. The molecule has 1 aliphatic heterocycles. The zero-order valence-corrected chi connectivity index (χ0v) is 13.0. The average molecular weight is 301 g/mol. The lowest BCUT2D eigenvalue weighted by Crippen LogP contribution is -2.56. The summed E-state index contributed by atoms with van der Waals surface area (Å²) in [5, 5.41) is 18.1. The first-order valence-corrected chi connectivity index (χ1v) is 7.62. The summed E-state index contributed by atoms with van der Waals surface area (Å²) in [7, 11) is 0. The van der Waals surface area contributed by atoms with Gasteiger partial charge in [-0.2, -0.15) is 0 Å². The van der Waals surface area contributed by atoms with Gasteiger partial charge in [-0.3, -0.25) is 9.69 Å². The maximum absolute atomic E-state index is 12.4. The number of carboxylic acids is 1. The molecule has 1 atom stereocenters. The number of carbonyl (C=O) groups excluding carboxylic acids is 1. The van der Waals surface area contributed by atoms with Crippen molar-refractivity contribution in [3.05, 3.63) is 0 Å². The van der Waals surface area contributed by atoms with E-state index in [0.717, 1.165) is 12.8 Å². The van der Waals surface area contributed by atoms with Gasteiger partial charge in [0.1, 0.15) is 6.04 Å². The van der Waals surface area contributed by atoms with E-state index in [-0.39, 0.29) is 12.6 Å². The number of aliphatic carboxylic acids is 1. The van der Waals surface area contributed by atoms with E-state index in [1.165, 1.54) is 0 Å². The molecule has 7 nitrogen and oxygen atoms in total. The highest BCUT2D eigenvalue weighted by molar-refractivity contribution is 5.75. The normalized spacial score (nSPS) is 17.6. The first-order valence-electron chi connectivity index (χ1n) is 7.62. The summed E-state index contributed by atoms with van der Waals surface area (Å²) < 4.78 is 0. The minimum atomic E-state index is -0.834. The average Bonchev–Trinajstić information content (AvgIpc) is 2.50. The largest absolute Gasteiger partial charge is 0.480 e. The minimum absolute atomic E-state index is 0.0362. The second-order valence-corrected chi connectivity index (χ2v) is 5.38. The van der Waals surface area contributed by atoms with Gasteiger partial charge in [-0.25, -0.2) is 4.79 Å². The quantitative estimate of drug-likeness (QED) is 0.706. The standard InChI is InChI=1S/C14H27N3O4/c1-3-4-5-16(10-11-18)14(21)17-8-6-15(7-9-17)12(2)13(19)20/h12,18H,3-11H2,1-2H3,(H,19,20). The summed E-state index contributed by atoms with van der Waals surface area (Å²) >= 11 is 0. The van der Waals surface area contributed by atoms with Crippen molar-refractivity contribution in [1.82, 2.24) is 14.7 Å². The first kappa shape index (κ1) is 17.7. The van der Waals surface area contributed by atoms with E-state index in [1.54, 1.807) is 16.7 Å². The third kappa shape index (κ3) is 5.17. The molecule has 0 bridgehead atoms. The SMILES string of the molecule is CCCCN(CCO)C(=O)N1CCN(C(C)C(=O)O)CC1. The minimum Gasteiger partial charge on any atom is -0.480 e. The number of hydrogen-bond donors (Lipinski definition) is 2. The van der Waals surface area contributed by atoms with Crippen molar-refractivity contribution in [2.45, 2.75) is 32.7 Å². The third-order valence-electron chi connectivity index (χ3n) is 3.91. The molecule has 2 N–H and O–H groups in total. The Bertz CT molecular complexity index is 343. The fourth-order valence-corrected chi connectivity index (χ4v) is 2.43. The highest BCUT2D eigenvalue weighted by Gasteiger charge is 2.28. The second-order valence-electron chi connectivity index (χ2n) is 5.38. The topological polar surface area (TPSA) is 84.3 Å². The molecule has 7 heteroatoms. The van der Waals surface area contributed by atoms with Crippen LogP contribution >= 0.6 is 0 Å². The molecular formula is C14H27N3O4. The van der Waals surface area contributed by atoms with Crippen LogP contribution in [0, 0.1) is 0 Å². The molecule has 1 fully saturated rings. The van der Waals surface area contributed by atoms with Crippen molar-refractivity contribution in [2.24, 2.45) is 0 Å². The zero-order valence-electron chi connectivity index (χ0n) is 13.0. The molecule has 0 saturated carbocycles. The van der Waals surface area contributed by atoms with Crippen molar-refractivity contribution in [3.63, 3.8) is 0 Å². The van der Waals surface area contributed by atoms with Crippen LogP contribution in [0.25, 0.3) is 0 Å². The molecule has 0 radical (unpaired) electrons. The van der Waals surface area contributed by atoms with Gasteiger partial charge in [0.15, 0.2) is 0 Å². The molecule has 0 aromatic carbocycles. The van der Waals surface area contributed by atoms with E-state index >= 15 is 0 Å². The van der Waals surface area contributed by atoms with Gasteiger partial charge < -0.3 is 20.0 Å². The van der Waals surface area contributed by atoms with Gasteiger partial charge in [0, 0.05) is 39.3 Å². The van der Waals surface area contributed by atoms with Crippen LogP contribution in [0.1, 0.15) is 26.7 Å².